The van der Waals surface area contributed by atoms with Crippen molar-refractivity contribution in [3.8, 4) is 11.3 Å². The standard InChI is InChI=1S/C26H21F3N4O/c1-17-8-9-18(25(34)33(2)21-6-3-5-20(15-21)26(27,28)29)13-19(17)14-24-22(7-4-11-31-24)23-10-12-30-16-32-23/h3-13,15-16H,14H2,1-2H3. The van der Waals surface area contributed by atoms with E-state index in [0.29, 0.717) is 12.0 Å². The van der Waals surface area contributed by atoms with Crippen molar-refractivity contribution in [3.63, 3.8) is 0 Å². The van der Waals surface area contributed by atoms with Gasteiger partial charge >= 0.3 is 6.18 Å². The van der Waals surface area contributed by atoms with Crippen LogP contribution in [0.4, 0.5) is 18.9 Å². The third-order valence-corrected chi connectivity index (χ3v) is 5.57. The van der Waals surface area contributed by atoms with Crippen molar-refractivity contribution in [2.24, 2.45) is 0 Å². The highest BCUT2D eigenvalue weighted by atomic mass is 19.4. The number of amides is 1. The highest BCUT2D eigenvalue weighted by Crippen LogP contribution is 2.32. The molecule has 0 saturated carbocycles. The molecule has 8 heteroatoms. The smallest absolute Gasteiger partial charge is 0.311 e. The number of hydrogen-bond donors (Lipinski definition) is 0. The average Bonchev–Trinajstić information content (AvgIpc) is 2.85. The number of aryl methyl sites for hydroxylation is 1. The van der Waals surface area contributed by atoms with Gasteiger partial charge in [-0.25, -0.2) is 9.97 Å². The van der Waals surface area contributed by atoms with Gasteiger partial charge in [0.1, 0.15) is 6.33 Å². The molecule has 0 fully saturated rings. The monoisotopic (exact) mass is 462 g/mol. The number of pyridine rings is 1. The second-order valence-corrected chi connectivity index (χ2v) is 7.82. The van der Waals surface area contributed by atoms with E-state index in [0.717, 1.165) is 40.2 Å². The van der Waals surface area contributed by atoms with Gasteiger partial charge < -0.3 is 4.90 Å². The van der Waals surface area contributed by atoms with Gasteiger partial charge in [-0.2, -0.15) is 13.2 Å². The first-order chi connectivity index (χ1) is 16.2. The van der Waals surface area contributed by atoms with Gasteiger partial charge in [0.25, 0.3) is 5.91 Å². The quantitative estimate of drug-likeness (QED) is 0.380. The van der Waals surface area contributed by atoms with Gasteiger partial charge in [0, 0.05) is 42.7 Å². The van der Waals surface area contributed by atoms with E-state index in [1.165, 1.54) is 30.4 Å². The van der Waals surface area contributed by atoms with E-state index < -0.39 is 17.6 Å². The number of carbonyl (C=O) groups excluding carboxylic acids is 1. The Morgan fingerprint density at radius 3 is 2.53 bits per heavy atom. The van der Waals surface area contributed by atoms with Crippen LogP contribution in [-0.4, -0.2) is 27.9 Å². The summed E-state index contributed by atoms with van der Waals surface area (Å²) in [6.45, 7) is 1.94. The molecule has 0 spiro atoms. The molecular weight excluding hydrogens is 441 g/mol. The third-order valence-electron chi connectivity index (χ3n) is 5.57. The van der Waals surface area contributed by atoms with Crippen LogP contribution in [0.25, 0.3) is 11.3 Å². The Bertz CT molecular complexity index is 1320. The summed E-state index contributed by atoms with van der Waals surface area (Å²) in [5.41, 5.74) is 3.99. The van der Waals surface area contributed by atoms with Gasteiger partial charge in [0.2, 0.25) is 0 Å². The van der Waals surface area contributed by atoms with Gasteiger partial charge in [0.05, 0.1) is 17.0 Å². The number of benzene rings is 2. The van der Waals surface area contributed by atoms with E-state index in [-0.39, 0.29) is 5.69 Å². The molecule has 4 aromatic rings. The van der Waals surface area contributed by atoms with Crippen molar-refractivity contribution >= 4 is 11.6 Å². The summed E-state index contributed by atoms with van der Waals surface area (Å²) < 4.78 is 39.3. The molecule has 0 unspecified atom stereocenters. The minimum absolute atomic E-state index is 0.165. The number of alkyl halides is 3. The summed E-state index contributed by atoms with van der Waals surface area (Å²) in [7, 11) is 1.46. The van der Waals surface area contributed by atoms with Gasteiger partial charge in [0.15, 0.2) is 0 Å². The summed E-state index contributed by atoms with van der Waals surface area (Å²) in [6, 6.07) is 15.5. The number of halogens is 3. The van der Waals surface area contributed by atoms with E-state index in [4.69, 9.17) is 0 Å². The van der Waals surface area contributed by atoms with Crippen LogP contribution in [0, 0.1) is 6.92 Å². The van der Waals surface area contributed by atoms with Crippen molar-refractivity contribution in [2.45, 2.75) is 19.5 Å². The lowest BCUT2D eigenvalue weighted by molar-refractivity contribution is -0.137. The van der Waals surface area contributed by atoms with E-state index >= 15 is 0 Å². The molecule has 1 amide bonds. The Balaban J connectivity index is 1.63. The molecule has 0 aliphatic heterocycles. The first kappa shape index (κ1) is 23.1. The zero-order chi connectivity index (χ0) is 24.3. The first-order valence-electron chi connectivity index (χ1n) is 10.5. The summed E-state index contributed by atoms with van der Waals surface area (Å²) in [6.07, 6.45) is 0.806. The van der Waals surface area contributed by atoms with Crippen molar-refractivity contribution < 1.29 is 18.0 Å². The summed E-state index contributed by atoms with van der Waals surface area (Å²) >= 11 is 0. The van der Waals surface area contributed by atoms with Crippen LogP contribution in [0.15, 0.2) is 79.4 Å². The number of anilines is 1. The predicted octanol–water partition coefficient (Wildman–Crippen LogP) is 5.73. The van der Waals surface area contributed by atoms with E-state index in [9.17, 15) is 18.0 Å². The summed E-state index contributed by atoms with van der Waals surface area (Å²) in [5, 5.41) is 0. The Morgan fingerprint density at radius 1 is 0.971 bits per heavy atom. The van der Waals surface area contributed by atoms with Crippen molar-refractivity contribution in [1.82, 2.24) is 15.0 Å². The molecule has 0 bridgehead atoms. The molecular formula is C26H21F3N4O. The molecule has 2 heterocycles. The maximum absolute atomic E-state index is 13.1. The van der Waals surface area contributed by atoms with Crippen LogP contribution in [-0.2, 0) is 12.6 Å². The molecule has 0 atom stereocenters. The topological polar surface area (TPSA) is 59.0 Å². The zero-order valence-corrected chi connectivity index (χ0v) is 18.5. The SMILES string of the molecule is Cc1ccc(C(=O)N(C)c2cccc(C(F)(F)F)c2)cc1Cc1ncccc1-c1ccncn1. The molecule has 2 aromatic heterocycles. The average molecular weight is 462 g/mol. The van der Waals surface area contributed by atoms with E-state index in [1.807, 2.05) is 25.1 Å². The number of hydrogen-bond acceptors (Lipinski definition) is 4. The van der Waals surface area contributed by atoms with Crippen LogP contribution >= 0.6 is 0 Å². The Kier molecular flexibility index (Phi) is 6.40. The molecule has 5 nitrogen and oxygen atoms in total. The lowest BCUT2D eigenvalue weighted by atomic mass is 9.97. The summed E-state index contributed by atoms with van der Waals surface area (Å²) in [4.78, 5) is 27.1. The van der Waals surface area contributed by atoms with Crippen LogP contribution in [0.5, 0.6) is 0 Å². The van der Waals surface area contributed by atoms with Gasteiger partial charge in [-0.3, -0.25) is 9.78 Å². The van der Waals surface area contributed by atoms with Crippen LogP contribution < -0.4 is 4.90 Å². The Labute approximate surface area is 195 Å². The van der Waals surface area contributed by atoms with E-state index in [1.54, 1.807) is 30.6 Å². The van der Waals surface area contributed by atoms with Crippen LogP contribution in [0.3, 0.4) is 0 Å². The normalized spacial score (nSPS) is 11.3. The maximum Gasteiger partial charge on any atom is 0.416 e. The minimum Gasteiger partial charge on any atom is -0.311 e. The fourth-order valence-electron chi connectivity index (χ4n) is 3.64. The third kappa shape index (κ3) is 4.96. The zero-order valence-electron chi connectivity index (χ0n) is 18.5. The van der Waals surface area contributed by atoms with Crippen LogP contribution in [0.1, 0.15) is 32.7 Å². The highest BCUT2D eigenvalue weighted by molar-refractivity contribution is 6.06. The number of carbonyl (C=O) groups is 1. The van der Waals surface area contributed by atoms with Crippen molar-refractivity contribution in [3.05, 3.63) is 107 Å². The molecule has 0 N–H and O–H groups in total. The Hall–Kier alpha value is -4.07. The molecule has 0 aliphatic carbocycles. The van der Waals surface area contributed by atoms with Gasteiger partial charge in [-0.1, -0.05) is 12.1 Å². The number of aromatic nitrogens is 3. The largest absolute Gasteiger partial charge is 0.416 e. The lowest BCUT2D eigenvalue weighted by Gasteiger charge is -2.20. The van der Waals surface area contributed by atoms with E-state index in [2.05, 4.69) is 15.0 Å². The fraction of sp³-hybridized carbons (Fsp3) is 0.154. The predicted molar refractivity (Wildman–Crippen MR) is 123 cm³/mol. The minimum atomic E-state index is -4.49. The summed E-state index contributed by atoms with van der Waals surface area (Å²) in [5.74, 6) is -0.405. The lowest BCUT2D eigenvalue weighted by Crippen LogP contribution is -2.26. The van der Waals surface area contributed by atoms with Crippen molar-refractivity contribution in [1.29, 1.82) is 0 Å². The van der Waals surface area contributed by atoms with Gasteiger partial charge in [-0.05, 0) is 66.6 Å². The molecule has 2 aromatic carbocycles. The number of nitrogens with zero attached hydrogens (tertiary/aromatic N) is 4. The second kappa shape index (κ2) is 9.43. The van der Waals surface area contributed by atoms with Gasteiger partial charge in [-0.15, -0.1) is 0 Å². The molecule has 172 valence electrons. The van der Waals surface area contributed by atoms with Crippen LogP contribution in [0.2, 0.25) is 0 Å². The first-order valence-corrected chi connectivity index (χ1v) is 10.5. The fourth-order valence-corrected chi connectivity index (χ4v) is 3.64. The Morgan fingerprint density at radius 2 is 1.79 bits per heavy atom. The second-order valence-electron chi connectivity index (χ2n) is 7.82. The molecule has 0 saturated heterocycles. The molecule has 34 heavy (non-hydrogen) atoms. The highest BCUT2D eigenvalue weighted by Gasteiger charge is 2.31. The molecule has 4 rings (SSSR count). The van der Waals surface area contributed by atoms with Crippen molar-refractivity contribution in [2.75, 3.05) is 11.9 Å². The molecule has 0 aliphatic rings. The number of rotatable bonds is 5. The maximum atomic E-state index is 13.1. The molecule has 0 radical (unpaired) electrons.